The van der Waals surface area contributed by atoms with Crippen molar-refractivity contribution in [3.05, 3.63) is 0 Å². The van der Waals surface area contributed by atoms with Crippen molar-refractivity contribution in [1.82, 2.24) is 0 Å². The minimum Gasteiger partial charge on any atom is -0.432 e. The van der Waals surface area contributed by atoms with Crippen LogP contribution in [0.1, 0.15) is 27.7 Å². The molecule has 0 aromatic carbocycles. The molecule has 0 amide bonds. The van der Waals surface area contributed by atoms with Gasteiger partial charge in [0.05, 0.1) is 0 Å². The second-order valence-electron chi connectivity index (χ2n) is 3.40. The Kier molecular flexibility index (Phi) is 1.30. The molecule has 0 bridgehead atoms. The first-order valence-corrected chi connectivity index (χ1v) is 3.27. The number of rotatable bonds is 0. The molecule has 0 spiro atoms. The summed E-state index contributed by atoms with van der Waals surface area (Å²) in [5.74, 6) is -1.04. The molecule has 0 aliphatic carbocycles. The van der Waals surface area contributed by atoms with Crippen LogP contribution >= 0.6 is 0 Å². The number of carbonyl (C=O) groups excluding carboxylic acids is 1. The van der Waals surface area contributed by atoms with Crippen LogP contribution in [-0.2, 0) is 14.3 Å². The molecule has 1 rings (SSSR count). The second kappa shape index (κ2) is 1.72. The van der Waals surface area contributed by atoms with E-state index in [2.05, 4.69) is 0 Å². The fourth-order valence-electron chi connectivity index (χ4n) is 1.02. The van der Waals surface area contributed by atoms with E-state index in [9.17, 15) is 4.79 Å². The summed E-state index contributed by atoms with van der Waals surface area (Å²) < 4.78 is 10.2. The molecule has 0 aromatic heterocycles. The fourth-order valence-corrected chi connectivity index (χ4v) is 1.02. The van der Waals surface area contributed by atoms with Crippen LogP contribution in [0.2, 0.25) is 0 Å². The molecule has 0 aromatic rings. The Labute approximate surface area is 60.3 Å². The maximum atomic E-state index is 11.0. The van der Waals surface area contributed by atoms with Crippen LogP contribution in [0.3, 0.4) is 0 Å². The first kappa shape index (κ1) is 7.54. The summed E-state index contributed by atoms with van der Waals surface area (Å²) in [4.78, 5) is 11.0. The zero-order chi connectivity index (χ0) is 7.99. The van der Waals surface area contributed by atoms with Crippen LogP contribution in [0.4, 0.5) is 0 Å². The molecule has 1 fully saturated rings. The number of carbonyl (C=O) groups is 1. The third-order valence-electron chi connectivity index (χ3n) is 1.33. The van der Waals surface area contributed by atoms with Crippen molar-refractivity contribution in [3.8, 4) is 0 Å². The molecule has 3 heteroatoms. The van der Waals surface area contributed by atoms with Crippen molar-refractivity contribution in [2.75, 3.05) is 0 Å². The lowest BCUT2D eigenvalue weighted by Crippen LogP contribution is -2.29. The first-order chi connectivity index (χ1) is 4.33. The van der Waals surface area contributed by atoms with Gasteiger partial charge in [0.15, 0.2) is 5.60 Å². The van der Waals surface area contributed by atoms with Crippen molar-refractivity contribution in [2.24, 2.45) is 0 Å². The molecule has 0 unspecified atom stereocenters. The SMILES string of the molecule is CC1(C)OC(=O)C(C)(C)O1. The predicted octanol–water partition coefficient (Wildman–Crippen LogP) is 1.07. The summed E-state index contributed by atoms with van der Waals surface area (Å²) in [6.07, 6.45) is 0. The van der Waals surface area contributed by atoms with Gasteiger partial charge in [-0.05, 0) is 13.8 Å². The van der Waals surface area contributed by atoms with Crippen LogP contribution in [0.5, 0.6) is 0 Å². The van der Waals surface area contributed by atoms with E-state index < -0.39 is 11.4 Å². The summed E-state index contributed by atoms with van der Waals surface area (Å²) >= 11 is 0. The quantitative estimate of drug-likeness (QED) is 0.477. The molecule has 0 atom stereocenters. The molecule has 1 aliphatic rings. The highest BCUT2D eigenvalue weighted by Gasteiger charge is 2.47. The van der Waals surface area contributed by atoms with Gasteiger partial charge in [-0.25, -0.2) is 4.79 Å². The van der Waals surface area contributed by atoms with Crippen molar-refractivity contribution >= 4 is 5.97 Å². The van der Waals surface area contributed by atoms with E-state index in [4.69, 9.17) is 9.47 Å². The molecule has 0 radical (unpaired) electrons. The number of hydrogen-bond acceptors (Lipinski definition) is 3. The minimum atomic E-state index is -0.774. The van der Waals surface area contributed by atoms with Gasteiger partial charge in [0.2, 0.25) is 5.79 Å². The molecule has 10 heavy (non-hydrogen) atoms. The van der Waals surface area contributed by atoms with Gasteiger partial charge in [0.1, 0.15) is 0 Å². The molecule has 1 aliphatic heterocycles. The van der Waals surface area contributed by atoms with Crippen LogP contribution in [-0.4, -0.2) is 17.4 Å². The normalized spacial score (nSPS) is 28.2. The van der Waals surface area contributed by atoms with Crippen molar-refractivity contribution in [3.63, 3.8) is 0 Å². The van der Waals surface area contributed by atoms with Crippen LogP contribution < -0.4 is 0 Å². The molecule has 0 saturated carbocycles. The summed E-state index contributed by atoms with van der Waals surface area (Å²) in [5.41, 5.74) is -0.774. The van der Waals surface area contributed by atoms with Crippen LogP contribution in [0.25, 0.3) is 0 Å². The molecular weight excluding hydrogens is 132 g/mol. The molecule has 3 nitrogen and oxygen atoms in total. The summed E-state index contributed by atoms with van der Waals surface area (Å²) in [6.45, 7) is 6.84. The van der Waals surface area contributed by atoms with Crippen molar-refractivity contribution in [2.45, 2.75) is 39.1 Å². The largest absolute Gasteiger partial charge is 0.432 e. The maximum absolute atomic E-state index is 11.0. The number of ether oxygens (including phenoxy) is 2. The van der Waals surface area contributed by atoms with E-state index in [1.54, 1.807) is 27.7 Å². The summed E-state index contributed by atoms with van der Waals surface area (Å²) in [5, 5.41) is 0. The second-order valence-corrected chi connectivity index (χ2v) is 3.40. The third kappa shape index (κ3) is 1.14. The van der Waals surface area contributed by atoms with Crippen molar-refractivity contribution in [1.29, 1.82) is 0 Å². The smallest absolute Gasteiger partial charge is 0.340 e. The van der Waals surface area contributed by atoms with Crippen molar-refractivity contribution < 1.29 is 14.3 Å². The Balaban J connectivity index is 2.81. The Morgan fingerprint density at radius 3 is 1.80 bits per heavy atom. The standard InChI is InChI=1S/C7H12O3/c1-6(2)5(8)9-7(3,4)10-6/h1-4H3. The van der Waals surface area contributed by atoms with Gasteiger partial charge in [-0.2, -0.15) is 0 Å². The monoisotopic (exact) mass is 144 g/mol. The van der Waals surface area contributed by atoms with E-state index in [-0.39, 0.29) is 5.97 Å². The Morgan fingerprint density at radius 1 is 1.20 bits per heavy atom. The van der Waals surface area contributed by atoms with Crippen LogP contribution in [0.15, 0.2) is 0 Å². The Hall–Kier alpha value is -0.570. The minimum absolute atomic E-state index is 0.294. The van der Waals surface area contributed by atoms with E-state index in [0.717, 1.165) is 0 Å². The van der Waals surface area contributed by atoms with E-state index in [1.165, 1.54) is 0 Å². The maximum Gasteiger partial charge on any atom is 0.340 e. The number of hydrogen-bond donors (Lipinski definition) is 0. The van der Waals surface area contributed by atoms with Gasteiger partial charge in [-0.15, -0.1) is 0 Å². The highest BCUT2D eigenvalue weighted by molar-refractivity contribution is 5.80. The molecule has 1 saturated heterocycles. The first-order valence-electron chi connectivity index (χ1n) is 3.27. The predicted molar refractivity (Wildman–Crippen MR) is 35.3 cm³/mol. The van der Waals surface area contributed by atoms with Gasteiger partial charge in [0, 0.05) is 13.8 Å². The number of esters is 1. The highest BCUT2D eigenvalue weighted by Crippen LogP contribution is 2.30. The van der Waals surface area contributed by atoms with Gasteiger partial charge >= 0.3 is 5.97 Å². The summed E-state index contributed by atoms with van der Waals surface area (Å²) in [7, 11) is 0. The fraction of sp³-hybridized carbons (Fsp3) is 0.857. The van der Waals surface area contributed by atoms with Gasteiger partial charge in [-0.3, -0.25) is 0 Å². The molecule has 1 heterocycles. The average molecular weight is 144 g/mol. The Morgan fingerprint density at radius 2 is 1.70 bits per heavy atom. The van der Waals surface area contributed by atoms with Gasteiger partial charge in [-0.1, -0.05) is 0 Å². The average Bonchev–Trinajstić information content (AvgIpc) is 1.73. The topological polar surface area (TPSA) is 35.5 Å². The summed E-state index contributed by atoms with van der Waals surface area (Å²) in [6, 6.07) is 0. The zero-order valence-corrected chi connectivity index (χ0v) is 6.72. The van der Waals surface area contributed by atoms with Crippen LogP contribution in [0, 0.1) is 0 Å². The lowest BCUT2D eigenvalue weighted by molar-refractivity contribution is -0.163. The third-order valence-corrected chi connectivity index (χ3v) is 1.33. The lowest BCUT2D eigenvalue weighted by atomic mass is 10.1. The van der Waals surface area contributed by atoms with E-state index in [1.807, 2.05) is 0 Å². The molecule has 58 valence electrons. The molecule has 0 N–H and O–H groups in total. The highest BCUT2D eigenvalue weighted by atomic mass is 16.8. The van der Waals surface area contributed by atoms with Gasteiger partial charge in [0.25, 0.3) is 0 Å². The molecular formula is C7H12O3. The van der Waals surface area contributed by atoms with E-state index >= 15 is 0 Å². The zero-order valence-electron chi connectivity index (χ0n) is 6.72. The number of cyclic esters (lactones) is 1. The van der Waals surface area contributed by atoms with Gasteiger partial charge < -0.3 is 9.47 Å². The van der Waals surface area contributed by atoms with E-state index in [0.29, 0.717) is 0 Å². The lowest BCUT2D eigenvalue weighted by Gasteiger charge is -2.17. The Bertz CT molecular complexity index is 170.